The van der Waals surface area contributed by atoms with Gasteiger partial charge >= 0.3 is 0 Å². The molecule has 1 aliphatic carbocycles. The van der Waals surface area contributed by atoms with Crippen LogP contribution >= 0.6 is 11.3 Å². The van der Waals surface area contributed by atoms with Crippen LogP contribution in [0.1, 0.15) is 60.5 Å². The molecule has 1 atom stereocenters. The number of anilines is 1. The van der Waals surface area contributed by atoms with E-state index >= 15 is 0 Å². The Hall–Kier alpha value is -2.34. The summed E-state index contributed by atoms with van der Waals surface area (Å²) in [5, 5.41) is 3.33. The number of methoxy groups -OCH3 is 1. The molecular formula is C20H24N2O3S. The normalized spacial score (nSPS) is 15.1. The lowest BCUT2D eigenvalue weighted by atomic mass is 9.78. The minimum Gasteiger partial charge on any atom is -0.497 e. The van der Waals surface area contributed by atoms with Gasteiger partial charge in [-0.3, -0.25) is 9.59 Å². The second kappa shape index (κ2) is 7.50. The summed E-state index contributed by atoms with van der Waals surface area (Å²) in [6, 6.07) is 6.08. The van der Waals surface area contributed by atoms with Crippen LogP contribution in [0.3, 0.4) is 0 Å². The van der Waals surface area contributed by atoms with Crippen LogP contribution < -0.4 is 15.8 Å². The van der Waals surface area contributed by atoms with E-state index in [0.717, 1.165) is 47.4 Å². The molecule has 1 aromatic heterocycles. The van der Waals surface area contributed by atoms with Gasteiger partial charge < -0.3 is 15.8 Å². The molecule has 2 aromatic rings. The Morgan fingerprint density at radius 2 is 2.15 bits per heavy atom. The van der Waals surface area contributed by atoms with E-state index in [9.17, 15) is 9.59 Å². The van der Waals surface area contributed by atoms with E-state index in [1.54, 1.807) is 7.11 Å². The van der Waals surface area contributed by atoms with Gasteiger partial charge in [0, 0.05) is 11.8 Å². The first-order valence-corrected chi connectivity index (χ1v) is 9.69. The molecule has 6 heteroatoms. The number of fused-ring (bicyclic) bond motifs is 3. The number of ether oxygens (including phenoxy) is 1. The quantitative estimate of drug-likeness (QED) is 0.793. The fraction of sp³-hybridized carbons (Fsp3) is 0.400. The molecule has 26 heavy (non-hydrogen) atoms. The fourth-order valence-corrected chi connectivity index (χ4v) is 4.99. The highest BCUT2D eigenvalue weighted by molar-refractivity contribution is 7.20. The van der Waals surface area contributed by atoms with E-state index in [1.165, 1.54) is 23.8 Å². The van der Waals surface area contributed by atoms with E-state index in [4.69, 9.17) is 10.5 Å². The second-order valence-corrected chi connectivity index (χ2v) is 7.68. The average molecular weight is 372 g/mol. The number of benzene rings is 1. The lowest BCUT2D eigenvalue weighted by Gasteiger charge is -2.26. The molecule has 0 spiro atoms. The van der Waals surface area contributed by atoms with Gasteiger partial charge in [0.2, 0.25) is 5.91 Å². The summed E-state index contributed by atoms with van der Waals surface area (Å²) < 4.78 is 5.41. The number of unbranched alkanes of at least 4 members (excludes halogenated alkanes) is 1. The molecular weight excluding hydrogens is 348 g/mol. The topological polar surface area (TPSA) is 81.4 Å². The van der Waals surface area contributed by atoms with Crippen molar-refractivity contribution in [3.8, 4) is 16.2 Å². The van der Waals surface area contributed by atoms with Gasteiger partial charge in [-0.1, -0.05) is 19.8 Å². The fourth-order valence-electron chi connectivity index (χ4n) is 3.66. The zero-order valence-corrected chi connectivity index (χ0v) is 16.2. The lowest BCUT2D eigenvalue weighted by Crippen LogP contribution is -2.19. The molecule has 0 radical (unpaired) electrons. The molecule has 0 fully saturated rings. The van der Waals surface area contributed by atoms with Crippen LogP contribution in [0.2, 0.25) is 0 Å². The number of nitrogens with two attached hydrogens (primary N) is 1. The molecule has 5 nitrogen and oxygen atoms in total. The Balaban J connectivity index is 2.17. The van der Waals surface area contributed by atoms with Crippen molar-refractivity contribution in [2.45, 2.75) is 45.4 Å². The summed E-state index contributed by atoms with van der Waals surface area (Å²) in [4.78, 5) is 24.7. The average Bonchev–Trinajstić information content (AvgIpc) is 2.96. The molecule has 1 aliphatic rings. The number of amides is 2. The van der Waals surface area contributed by atoms with E-state index in [2.05, 4.69) is 18.3 Å². The maximum atomic E-state index is 12.1. The summed E-state index contributed by atoms with van der Waals surface area (Å²) in [5.74, 6) is 0.453. The molecule has 0 saturated carbocycles. The van der Waals surface area contributed by atoms with Crippen LogP contribution in [0.25, 0.3) is 10.4 Å². The highest BCUT2D eigenvalue weighted by atomic mass is 32.1. The smallest absolute Gasteiger partial charge is 0.252 e. The van der Waals surface area contributed by atoms with Crippen molar-refractivity contribution < 1.29 is 14.3 Å². The number of thiophene rings is 1. The predicted molar refractivity (Wildman–Crippen MR) is 105 cm³/mol. The van der Waals surface area contributed by atoms with Crippen molar-refractivity contribution in [1.82, 2.24) is 0 Å². The SMILES string of the molecule is CCCCC1Cc2c(sc(NC(C)=O)c2C(N)=O)-c2ccc(OC)cc21. The van der Waals surface area contributed by atoms with Gasteiger partial charge in [-0.2, -0.15) is 0 Å². The highest BCUT2D eigenvalue weighted by Crippen LogP contribution is 2.50. The van der Waals surface area contributed by atoms with Crippen molar-refractivity contribution in [2.24, 2.45) is 5.73 Å². The zero-order valence-electron chi connectivity index (χ0n) is 15.3. The van der Waals surface area contributed by atoms with Crippen molar-refractivity contribution in [2.75, 3.05) is 12.4 Å². The van der Waals surface area contributed by atoms with E-state index in [0.29, 0.717) is 16.5 Å². The van der Waals surface area contributed by atoms with Crippen molar-refractivity contribution >= 4 is 28.2 Å². The first-order chi connectivity index (χ1) is 12.5. The van der Waals surface area contributed by atoms with E-state index in [1.807, 2.05) is 12.1 Å². The molecule has 3 N–H and O–H groups in total. The lowest BCUT2D eigenvalue weighted by molar-refractivity contribution is -0.114. The summed E-state index contributed by atoms with van der Waals surface area (Å²) in [5.41, 5.74) is 9.45. The Kier molecular flexibility index (Phi) is 5.32. The van der Waals surface area contributed by atoms with Gasteiger partial charge in [0.25, 0.3) is 5.91 Å². The molecule has 138 valence electrons. The highest BCUT2D eigenvalue weighted by Gasteiger charge is 2.32. The second-order valence-electron chi connectivity index (χ2n) is 6.66. The number of rotatable bonds is 6. The van der Waals surface area contributed by atoms with Gasteiger partial charge in [0.1, 0.15) is 10.8 Å². The first kappa shape index (κ1) is 18.5. The molecule has 1 unspecified atom stereocenters. The van der Waals surface area contributed by atoms with Gasteiger partial charge in [-0.15, -0.1) is 11.3 Å². The molecule has 0 bridgehead atoms. The van der Waals surface area contributed by atoms with E-state index in [-0.39, 0.29) is 5.91 Å². The number of carbonyl (C=O) groups is 2. The number of carbonyl (C=O) groups excluding carboxylic acids is 2. The molecule has 0 saturated heterocycles. The minimum atomic E-state index is -0.488. The van der Waals surface area contributed by atoms with Crippen LogP contribution in [-0.2, 0) is 11.2 Å². The molecule has 2 amide bonds. The van der Waals surface area contributed by atoms with Gasteiger partial charge in [0.05, 0.1) is 12.7 Å². The third-order valence-electron chi connectivity index (χ3n) is 4.84. The van der Waals surface area contributed by atoms with Gasteiger partial charge in [0.15, 0.2) is 0 Å². The third kappa shape index (κ3) is 3.33. The van der Waals surface area contributed by atoms with Crippen LogP contribution in [0.4, 0.5) is 5.00 Å². The first-order valence-electron chi connectivity index (χ1n) is 8.87. The number of hydrogen-bond acceptors (Lipinski definition) is 4. The van der Waals surface area contributed by atoms with E-state index < -0.39 is 5.91 Å². The van der Waals surface area contributed by atoms with Crippen molar-refractivity contribution in [3.05, 3.63) is 34.9 Å². The maximum absolute atomic E-state index is 12.1. The molecule has 1 aromatic carbocycles. The van der Waals surface area contributed by atoms with Crippen LogP contribution in [0, 0.1) is 0 Å². The maximum Gasteiger partial charge on any atom is 0.252 e. The zero-order chi connectivity index (χ0) is 18.8. The Morgan fingerprint density at radius 3 is 2.77 bits per heavy atom. The Labute approximate surface area is 157 Å². The van der Waals surface area contributed by atoms with Crippen LogP contribution in [0.5, 0.6) is 5.75 Å². The van der Waals surface area contributed by atoms with Gasteiger partial charge in [-0.05, 0) is 53.6 Å². The predicted octanol–water partition coefficient (Wildman–Crippen LogP) is 4.31. The third-order valence-corrected chi connectivity index (χ3v) is 6.02. The largest absolute Gasteiger partial charge is 0.497 e. The van der Waals surface area contributed by atoms with Crippen molar-refractivity contribution in [3.63, 3.8) is 0 Å². The minimum absolute atomic E-state index is 0.205. The van der Waals surface area contributed by atoms with Crippen LogP contribution in [0.15, 0.2) is 18.2 Å². The summed E-state index contributed by atoms with van der Waals surface area (Å²) >= 11 is 1.43. The summed E-state index contributed by atoms with van der Waals surface area (Å²) in [6.45, 7) is 3.61. The Bertz CT molecular complexity index is 857. The summed E-state index contributed by atoms with van der Waals surface area (Å²) in [7, 11) is 1.67. The monoisotopic (exact) mass is 372 g/mol. The molecule has 3 rings (SSSR count). The van der Waals surface area contributed by atoms with Crippen molar-refractivity contribution in [1.29, 1.82) is 0 Å². The van der Waals surface area contributed by atoms with Gasteiger partial charge in [-0.25, -0.2) is 0 Å². The molecule has 1 heterocycles. The number of hydrogen-bond donors (Lipinski definition) is 2. The summed E-state index contributed by atoms with van der Waals surface area (Å²) in [6.07, 6.45) is 4.03. The van der Waals surface area contributed by atoms with Crippen LogP contribution in [-0.4, -0.2) is 18.9 Å². The Morgan fingerprint density at radius 1 is 1.38 bits per heavy atom. The molecule has 0 aliphatic heterocycles. The standard InChI is InChI=1S/C20H24N2O3S/c1-4-5-6-12-9-16-17(19(21)24)20(22-11(2)23)26-18(16)14-8-7-13(25-3)10-15(12)14/h7-8,10,12H,4-6,9H2,1-3H3,(H2,21,24)(H,22,23). The number of nitrogens with one attached hydrogen (secondary N) is 1. The number of primary amides is 1.